The molecule has 4 nitrogen and oxygen atoms in total. The molecule has 4 heteroatoms. The van der Waals surface area contributed by atoms with Crippen LogP contribution in [0.3, 0.4) is 0 Å². The van der Waals surface area contributed by atoms with Crippen molar-refractivity contribution in [2.24, 2.45) is 0 Å². The highest BCUT2D eigenvalue weighted by atomic mass is 16.6. The Kier molecular flexibility index (Phi) is 3.04. The largest absolute Gasteiger partial charge is 0.444 e. The first kappa shape index (κ1) is 11.3. The highest BCUT2D eigenvalue weighted by molar-refractivity contribution is 5.69. The Morgan fingerprint density at radius 1 is 1.43 bits per heavy atom. The molecule has 0 bridgehead atoms. The van der Waals surface area contributed by atoms with Crippen molar-refractivity contribution < 1.29 is 14.3 Å². The minimum absolute atomic E-state index is 0.120. The lowest BCUT2D eigenvalue weighted by atomic mass is 10.0. The second-order valence-electron chi connectivity index (χ2n) is 4.65. The monoisotopic (exact) mass is 201 g/mol. The second kappa shape index (κ2) is 3.77. The van der Waals surface area contributed by atoms with E-state index in [1.807, 2.05) is 27.7 Å². The number of amides is 1. The third kappa shape index (κ3) is 2.38. The molecule has 1 saturated heterocycles. The van der Waals surface area contributed by atoms with Crippen LogP contribution in [-0.2, 0) is 9.47 Å². The number of nitrogens with zero attached hydrogens (tertiary/aromatic N) is 1. The summed E-state index contributed by atoms with van der Waals surface area (Å²) < 4.78 is 10.4. The van der Waals surface area contributed by atoms with Gasteiger partial charge in [-0.15, -0.1) is 0 Å². The van der Waals surface area contributed by atoms with E-state index in [0.717, 1.165) is 0 Å². The molecule has 0 radical (unpaired) electrons. The van der Waals surface area contributed by atoms with Gasteiger partial charge >= 0.3 is 6.09 Å². The molecule has 0 aromatic rings. The number of hydrogen-bond donors (Lipinski definition) is 0. The van der Waals surface area contributed by atoms with Gasteiger partial charge in [-0.2, -0.15) is 0 Å². The Morgan fingerprint density at radius 3 is 2.36 bits per heavy atom. The van der Waals surface area contributed by atoms with Gasteiger partial charge in [0.25, 0.3) is 0 Å². The zero-order valence-corrected chi connectivity index (χ0v) is 9.53. The molecule has 2 unspecified atom stereocenters. The Hall–Kier alpha value is -0.770. The first-order valence-electron chi connectivity index (χ1n) is 4.87. The molecule has 0 spiro atoms. The molecule has 14 heavy (non-hydrogen) atoms. The van der Waals surface area contributed by atoms with E-state index in [-0.39, 0.29) is 18.2 Å². The van der Waals surface area contributed by atoms with Crippen molar-refractivity contribution in [1.82, 2.24) is 4.90 Å². The molecule has 1 aliphatic heterocycles. The van der Waals surface area contributed by atoms with E-state index in [1.54, 1.807) is 12.0 Å². The van der Waals surface area contributed by atoms with E-state index in [2.05, 4.69) is 0 Å². The van der Waals surface area contributed by atoms with E-state index >= 15 is 0 Å². The lowest BCUT2D eigenvalue weighted by Crippen LogP contribution is -2.62. The van der Waals surface area contributed by atoms with Gasteiger partial charge in [0.05, 0.1) is 18.7 Å². The lowest BCUT2D eigenvalue weighted by Gasteiger charge is -2.45. The summed E-state index contributed by atoms with van der Waals surface area (Å²) in [6.07, 6.45) is -0.0965. The Morgan fingerprint density at radius 2 is 2.00 bits per heavy atom. The molecule has 0 aromatic carbocycles. The fourth-order valence-electron chi connectivity index (χ4n) is 1.41. The van der Waals surface area contributed by atoms with Crippen LogP contribution >= 0.6 is 0 Å². The summed E-state index contributed by atoms with van der Waals surface area (Å²) in [6.45, 7) is 8.18. The molecule has 0 aliphatic carbocycles. The molecular weight excluding hydrogens is 182 g/mol. The average Bonchev–Trinajstić information content (AvgIpc) is 1.99. The molecule has 1 fully saturated rings. The van der Waals surface area contributed by atoms with Gasteiger partial charge in [-0.05, 0) is 27.7 Å². The van der Waals surface area contributed by atoms with Gasteiger partial charge in [0.1, 0.15) is 5.60 Å². The predicted molar refractivity (Wildman–Crippen MR) is 53.2 cm³/mol. The maximum absolute atomic E-state index is 11.6. The summed E-state index contributed by atoms with van der Waals surface area (Å²) in [5.41, 5.74) is -0.422. The number of rotatable bonds is 1. The van der Waals surface area contributed by atoms with E-state index in [4.69, 9.17) is 9.47 Å². The van der Waals surface area contributed by atoms with Crippen LogP contribution in [0.25, 0.3) is 0 Å². The summed E-state index contributed by atoms with van der Waals surface area (Å²) in [4.78, 5) is 13.2. The Balaban J connectivity index is 2.42. The molecule has 1 amide bonds. The second-order valence-corrected chi connectivity index (χ2v) is 4.65. The molecule has 1 rings (SSSR count). The first-order chi connectivity index (χ1) is 6.35. The van der Waals surface area contributed by atoms with Crippen LogP contribution in [0.1, 0.15) is 27.7 Å². The van der Waals surface area contributed by atoms with Crippen LogP contribution in [0.5, 0.6) is 0 Å². The number of hydrogen-bond acceptors (Lipinski definition) is 3. The van der Waals surface area contributed by atoms with Crippen molar-refractivity contribution in [3.63, 3.8) is 0 Å². The van der Waals surface area contributed by atoms with Crippen molar-refractivity contribution in [3.8, 4) is 0 Å². The number of carbonyl (C=O) groups is 1. The highest BCUT2D eigenvalue weighted by Crippen LogP contribution is 2.22. The fourth-order valence-corrected chi connectivity index (χ4v) is 1.41. The minimum atomic E-state index is -0.422. The van der Waals surface area contributed by atoms with Gasteiger partial charge in [-0.25, -0.2) is 4.79 Å². The number of carbonyl (C=O) groups excluding carboxylic acids is 1. The lowest BCUT2D eigenvalue weighted by molar-refractivity contribution is -0.0811. The van der Waals surface area contributed by atoms with Crippen molar-refractivity contribution in [2.75, 3.05) is 13.7 Å². The van der Waals surface area contributed by atoms with Gasteiger partial charge in [-0.3, -0.25) is 0 Å². The van der Waals surface area contributed by atoms with E-state index in [0.29, 0.717) is 6.54 Å². The minimum Gasteiger partial charge on any atom is -0.444 e. The van der Waals surface area contributed by atoms with Crippen molar-refractivity contribution >= 4 is 6.09 Å². The maximum Gasteiger partial charge on any atom is 0.410 e. The Bertz CT molecular complexity index is 222. The third-order valence-electron chi connectivity index (χ3n) is 2.34. The smallest absolute Gasteiger partial charge is 0.410 e. The summed E-state index contributed by atoms with van der Waals surface area (Å²) >= 11 is 0. The van der Waals surface area contributed by atoms with Crippen LogP contribution in [0.4, 0.5) is 4.79 Å². The molecule has 0 N–H and O–H groups in total. The molecule has 1 heterocycles. The molecular formula is C10H19NO3. The molecule has 2 atom stereocenters. The molecule has 0 aromatic heterocycles. The van der Waals surface area contributed by atoms with Crippen molar-refractivity contribution in [2.45, 2.75) is 45.4 Å². The van der Waals surface area contributed by atoms with E-state index < -0.39 is 5.60 Å². The van der Waals surface area contributed by atoms with Gasteiger partial charge < -0.3 is 14.4 Å². The third-order valence-corrected chi connectivity index (χ3v) is 2.34. The molecule has 82 valence electrons. The van der Waals surface area contributed by atoms with Crippen LogP contribution in [0, 0.1) is 0 Å². The summed E-state index contributed by atoms with van der Waals surface area (Å²) in [6, 6.07) is 0.120. The molecule has 1 aliphatic rings. The van der Waals surface area contributed by atoms with Gasteiger partial charge in [0.15, 0.2) is 0 Å². The van der Waals surface area contributed by atoms with Crippen LogP contribution in [0.2, 0.25) is 0 Å². The van der Waals surface area contributed by atoms with Gasteiger partial charge in [-0.1, -0.05) is 0 Å². The van der Waals surface area contributed by atoms with Gasteiger partial charge in [0, 0.05) is 7.11 Å². The number of likely N-dealkylation sites (tertiary alicyclic amines) is 1. The quantitative estimate of drug-likeness (QED) is 0.647. The van der Waals surface area contributed by atoms with Crippen molar-refractivity contribution in [1.29, 1.82) is 0 Å². The van der Waals surface area contributed by atoms with Crippen LogP contribution < -0.4 is 0 Å². The van der Waals surface area contributed by atoms with Crippen LogP contribution in [-0.4, -0.2) is 42.4 Å². The topological polar surface area (TPSA) is 38.8 Å². The first-order valence-corrected chi connectivity index (χ1v) is 4.87. The SMILES string of the molecule is COC1CN(C(=O)OC(C)(C)C)C1C. The fraction of sp³-hybridized carbons (Fsp3) is 0.900. The number of methoxy groups -OCH3 is 1. The maximum atomic E-state index is 11.6. The highest BCUT2D eigenvalue weighted by Gasteiger charge is 2.40. The number of ether oxygens (including phenoxy) is 2. The van der Waals surface area contributed by atoms with Gasteiger partial charge in [0.2, 0.25) is 0 Å². The standard InChI is InChI=1S/C10H19NO3/c1-7-8(13-5)6-11(7)9(12)14-10(2,3)4/h7-8H,6H2,1-5H3. The Labute approximate surface area is 85.2 Å². The normalized spacial score (nSPS) is 27.1. The summed E-state index contributed by atoms with van der Waals surface area (Å²) in [5, 5.41) is 0. The summed E-state index contributed by atoms with van der Waals surface area (Å²) in [5.74, 6) is 0. The van der Waals surface area contributed by atoms with Crippen LogP contribution in [0.15, 0.2) is 0 Å². The predicted octanol–water partition coefficient (Wildman–Crippen LogP) is 1.64. The van der Waals surface area contributed by atoms with E-state index in [1.165, 1.54) is 0 Å². The summed E-state index contributed by atoms with van der Waals surface area (Å²) in [7, 11) is 1.66. The van der Waals surface area contributed by atoms with Crippen molar-refractivity contribution in [3.05, 3.63) is 0 Å². The van der Waals surface area contributed by atoms with E-state index in [9.17, 15) is 4.79 Å². The molecule has 0 saturated carbocycles. The zero-order valence-electron chi connectivity index (χ0n) is 9.53. The average molecular weight is 201 g/mol. The zero-order chi connectivity index (χ0) is 10.9.